The quantitative estimate of drug-likeness (QED) is 0.453. The van der Waals surface area contributed by atoms with Gasteiger partial charge in [0.15, 0.2) is 11.8 Å². The van der Waals surface area contributed by atoms with Crippen molar-refractivity contribution in [2.24, 2.45) is 10.7 Å². The molecule has 8 heteroatoms. The lowest BCUT2D eigenvalue weighted by molar-refractivity contribution is 0.415. The van der Waals surface area contributed by atoms with Gasteiger partial charge in [0.05, 0.1) is 7.11 Å². The second-order valence-corrected chi connectivity index (χ2v) is 4.09. The minimum Gasteiger partial charge on any atom is -0.497 e. The Morgan fingerprint density at radius 3 is 2.71 bits per heavy atom. The van der Waals surface area contributed by atoms with E-state index in [-0.39, 0.29) is 24.0 Å². The van der Waals surface area contributed by atoms with E-state index in [9.17, 15) is 0 Å². The first-order chi connectivity index (χ1) is 9.72. The summed E-state index contributed by atoms with van der Waals surface area (Å²) in [5.41, 5.74) is 6.69. The van der Waals surface area contributed by atoms with Gasteiger partial charge in [-0.3, -0.25) is 0 Å². The molecule has 114 valence electrons. The lowest BCUT2D eigenvalue weighted by atomic mass is 10.3. The molecule has 0 aliphatic heterocycles. The summed E-state index contributed by atoms with van der Waals surface area (Å²) < 4.78 is 7.01. The largest absolute Gasteiger partial charge is 0.497 e. The number of halogens is 1. The molecule has 2 rings (SSSR count). The van der Waals surface area contributed by atoms with Gasteiger partial charge in [0.2, 0.25) is 0 Å². The van der Waals surface area contributed by atoms with Crippen molar-refractivity contribution >= 4 is 35.6 Å². The summed E-state index contributed by atoms with van der Waals surface area (Å²) in [5.74, 6) is 1.91. The third kappa shape index (κ3) is 4.88. The van der Waals surface area contributed by atoms with Crippen LogP contribution >= 0.6 is 24.0 Å². The van der Waals surface area contributed by atoms with Crippen molar-refractivity contribution in [1.29, 1.82) is 0 Å². The molecule has 0 aliphatic carbocycles. The Hall–Kier alpha value is -1.84. The lowest BCUT2D eigenvalue weighted by Crippen LogP contribution is -2.22. The number of aromatic nitrogens is 3. The molecular weight excluding hydrogens is 383 g/mol. The summed E-state index contributed by atoms with van der Waals surface area (Å²) in [7, 11) is 1.63. The summed E-state index contributed by atoms with van der Waals surface area (Å²) >= 11 is 0. The first-order valence-corrected chi connectivity index (χ1v) is 6.30. The molecule has 0 spiro atoms. The molecule has 1 aromatic carbocycles. The fourth-order valence-corrected chi connectivity index (χ4v) is 1.68. The normalized spacial score (nSPS) is 10.9. The molecule has 0 radical (unpaired) electrons. The van der Waals surface area contributed by atoms with Crippen molar-refractivity contribution in [3.63, 3.8) is 0 Å². The number of ether oxygens (including phenoxy) is 1. The zero-order valence-corrected chi connectivity index (χ0v) is 14.3. The van der Waals surface area contributed by atoms with Crippen LogP contribution < -0.4 is 15.8 Å². The average molecular weight is 402 g/mol. The number of nitrogens with one attached hydrogen (secondary N) is 1. The standard InChI is InChI=1S/C13H18N6O.HI/c1-3-19-9-16-18-12(19)8-15-13(14)17-10-4-6-11(20-2)7-5-10;/h4-7,9H,3,8H2,1-2H3,(H3,14,15,17);1H. The van der Waals surface area contributed by atoms with Crippen molar-refractivity contribution in [2.45, 2.75) is 20.0 Å². The van der Waals surface area contributed by atoms with Gasteiger partial charge in [-0.25, -0.2) is 4.99 Å². The van der Waals surface area contributed by atoms with E-state index in [4.69, 9.17) is 10.5 Å². The molecule has 3 N–H and O–H groups in total. The molecule has 0 bridgehead atoms. The highest BCUT2D eigenvalue weighted by Gasteiger charge is 2.02. The Kier molecular flexibility index (Phi) is 6.92. The van der Waals surface area contributed by atoms with Gasteiger partial charge < -0.3 is 20.4 Å². The molecule has 0 aliphatic rings. The number of methoxy groups -OCH3 is 1. The van der Waals surface area contributed by atoms with Gasteiger partial charge in [-0.1, -0.05) is 0 Å². The van der Waals surface area contributed by atoms with Crippen LogP contribution in [0.1, 0.15) is 12.7 Å². The van der Waals surface area contributed by atoms with Gasteiger partial charge in [0, 0.05) is 12.2 Å². The van der Waals surface area contributed by atoms with Crippen molar-refractivity contribution < 1.29 is 4.74 Å². The van der Waals surface area contributed by atoms with Crippen molar-refractivity contribution in [1.82, 2.24) is 14.8 Å². The topological polar surface area (TPSA) is 90.4 Å². The first-order valence-electron chi connectivity index (χ1n) is 6.30. The van der Waals surface area contributed by atoms with E-state index in [0.29, 0.717) is 12.5 Å². The minimum absolute atomic E-state index is 0. The Balaban J connectivity index is 0.00000220. The summed E-state index contributed by atoms with van der Waals surface area (Å²) in [6.45, 7) is 3.22. The number of anilines is 1. The molecule has 0 unspecified atom stereocenters. The predicted octanol–water partition coefficient (Wildman–Crippen LogP) is 1.85. The van der Waals surface area contributed by atoms with Crippen LogP contribution in [-0.2, 0) is 13.1 Å². The number of nitrogens with two attached hydrogens (primary N) is 1. The number of benzene rings is 1. The Morgan fingerprint density at radius 1 is 1.38 bits per heavy atom. The van der Waals surface area contributed by atoms with Gasteiger partial charge in [0.1, 0.15) is 18.6 Å². The SMILES string of the molecule is CCn1cnnc1CN=C(N)Nc1ccc(OC)cc1.I. The number of nitrogens with zero attached hydrogens (tertiary/aromatic N) is 4. The third-order valence-electron chi connectivity index (χ3n) is 2.79. The summed E-state index contributed by atoms with van der Waals surface area (Å²) in [6, 6.07) is 7.44. The van der Waals surface area contributed by atoms with Crippen LogP contribution in [0.5, 0.6) is 5.75 Å². The number of aliphatic imine (C=N–C) groups is 1. The number of guanidine groups is 1. The molecule has 0 atom stereocenters. The highest BCUT2D eigenvalue weighted by Crippen LogP contribution is 2.14. The first kappa shape index (κ1) is 17.2. The second kappa shape index (κ2) is 8.45. The number of hydrogen-bond donors (Lipinski definition) is 2. The van der Waals surface area contributed by atoms with Gasteiger partial charge in [-0.05, 0) is 31.2 Å². The van der Waals surface area contributed by atoms with E-state index >= 15 is 0 Å². The smallest absolute Gasteiger partial charge is 0.193 e. The highest BCUT2D eigenvalue weighted by molar-refractivity contribution is 14.0. The fourth-order valence-electron chi connectivity index (χ4n) is 1.68. The fraction of sp³-hybridized carbons (Fsp3) is 0.308. The summed E-state index contributed by atoms with van der Waals surface area (Å²) in [6.07, 6.45) is 1.68. The zero-order chi connectivity index (χ0) is 14.4. The molecule has 21 heavy (non-hydrogen) atoms. The molecule has 1 heterocycles. The maximum Gasteiger partial charge on any atom is 0.193 e. The predicted molar refractivity (Wildman–Crippen MR) is 93.1 cm³/mol. The highest BCUT2D eigenvalue weighted by atomic mass is 127. The van der Waals surface area contributed by atoms with Crippen LogP contribution in [0.25, 0.3) is 0 Å². The van der Waals surface area contributed by atoms with Gasteiger partial charge >= 0.3 is 0 Å². The molecule has 0 saturated heterocycles. The van der Waals surface area contributed by atoms with E-state index < -0.39 is 0 Å². The zero-order valence-electron chi connectivity index (χ0n) is 12.0. The Bertz CT molecular complexity index is 581. The average Bonchev–Trinajstić information content (AvgIpc) is 2.93. The van der Waals surface area contributed by atoms with E-state index in [1.165, 1.54) is 0 Å². The van der Waals surface area contributed by atoms with Gasteiger partial charge in [-0.2, -0.15) is 0 Å². The molecule has 0 fully saturated rings. The van der Waals surface area contributed by atoms with Crippen LogP contribution in [0.15, 0.2) is 35.6 Å². The van der Waals surface area contributed by atoms with Crippen molar-refractivity contribution in [3.05, 3.63) is 36.4 Å². The van der Waals surface area contributed by atoms with Gasteiger partial charge in [0.25, 0.3) is 0 Å². The maximum absolute atomic E-state index is 5.83. The van der Waals surface area contributed by atoms with E-state index in [1.807, 2.05) is 35.8 Å². The Morgan fingerprint density at radius 2 is 2.10 bits per heavy atom. The van der Waals surface area contributed by atoms with Crippen LogP contribution in [0, 0.1) is 0 Å². The third-order valence-corrected chi connectivity index (χ3v) is 2.79. The lowest BCUT2D eigenvalue weighted by Gasteiger charge is -2.06. The maximum atomic E-state index is 5.83. The monoisotopic (exact) mass is 402 g/mol. The van der Waals surface area contributed by atoms with Crippen LogP contribution in [-0.4, -0.2) is 27.8 Å². The van der Waals surface area contributed by atoms with Crippen LogP contribution in [0.3, 0.4) is 0 Å². The minimum atomic E-state index is 0. The summed E-state index contributed by atoms with van der Waals surface area (Å²) in [4.78, 5) is 4.24. The molecule has 7 nitrogen and oxygen atoms in total. The van der Waals surface area contributed by atoms with Gasteiger partial charge in [-0.15, -0.1) is 34.2 Å². The molecule has 1 aromatic heterocycles. The van der Waals surface area contributed by atoms with Crippen LogP contribution in [0.2, 0.25) is 0 Å². The number of rotatable bonds is 5. The molecular formula is C13H19IN6O. The van der Waals surface area contributed by atoms with E-state index in [1.54, 1.807) is 13.4 Å². The van der Waals surface area contributed by atoms with Crippen molar-refractivity contribution in [2.75, 3.05) is 12.4 Å². The van der Waals surface area contributed by atoms with E-state index in [2.05, 4.69) is 20.5 Å². The molecule has 0 amide bonds. The summed E-state index contributed by atoms with van der Waals surface area (Å²) in [5, 5.41) is 10.8. The number of hydrogen-bond acceptors (Lipinski definition) is 4. The second-order valence-electron chi connectivity index (χ2n) is 4.09. The molecule has 0 saturated carbocycles. The van der Waals surface area contributed by atoms with Crippen molar-refractivity contribution in [3.8, 4) is 5.75 Å². The number of aryl methyl sites for hydroxylation is 1. The molecule has 2 aromatic rings. The Labute approximate surface area is 140 Å². The van der Waals surface area contributed by atoms with E-state index in [0.717, 1.165) is 23.8 Å². The van der Waals surface area contributed by atoms with Crippen LogP contribution in [0.4, 0.5) is 5.69 Å².